The van der Waals surface area contributed by atoms with E-state index in [1.807, 2.05) is 6.92 Å². The number of aliphatic hydroxyl groups is 1. The molecule has 0 amide bonds. The molecule has 0 heterocycles. The summed E-state index contributed by atoms with van der Waals surface area (Å²) in [7, 11) is 0. The molecule has 0 aliphatic rings. The highest BCUT2D eigenvalue weighted by molar-refractivity contribution is 5.19. The summed E-state index contributed by atoms with van der Waals surface area (Å²) in [6, 6.07) is 11.1. The highest BCUT2D eigenvalue weighted by Gasteiger charge is 2.16. The van der Waals surface area contributed by atoms with Crippen molar-refractivity contribution in [3.63, 3.8) is 0 Å². The van der Waals surface area contributed by atoms with Crippen LogP contribution in [0.1, 0.15) is 38.8 Å². The molecular formula is C16H28N2O. The highest BCUT2D eigenvalue weighted by Crippen LogP contribution is 2.19. The molecule has 0 saturated heterocycles. The summed E-state index contributed by atoms with van der Waals surface area (Å²) in [6.07, 6.45) is 0.580. The Kier molecular flexibility index (Phi) is 7.72. The Hall–Kier alpha value is -0.900. The Morgan fingerprint density at radius 2 is 1.79 bits per heavy atom. The van der Waals surface area contributed by atoms with Crippen molar-refractivity contribution < 1.29 is 5.11 Å². The van der Waals surface area contributed by atoms with Crippen LogP contribution in [-0.4, -0.2) is 42.3 Å². The number of hydrogen-bond donors (Lipinski definition) is 2. The van der Waals surface area contributed by atoms with E-state index < -0.39 is 0 Å². The fourth-order valence-corrected chi connectivity index (χ4v) is 2.35. The molecule has 108 valence electrons. The minimum Gasteiger partial charge on any atom is -0.393 e. The molecule has 0 aliphatic heterocycles. The van der Waals surface area contributed by atoms with Crippen molar-refractivity contribution in [3.05, 3.63) is 35.9 Å². The predicted molar refractivity (Wildman–Crippen MR) is 81.3 cm³/mol. The van der Waals surface area contributed by atoms with Crippen molar-refractivity contribution >= 4 is 0 Å². The predicted octanol–water partition coefficient (Wildman–Crippen LogP) is 2.43. The summed E-state index contributed by atoms with van der Waals surface area (Å²) in [4.78, 5) is 2.46. The van der Waals surface area contributed by atoms with E-state index in [1.54, 1.807) is 0 Å². The second-order valence-corrected chi connectivity index (χ2v) is 4.99. The zero-order valence-electron chi connectivity index (χ0n) is 12.5. The lowest BCUT2D eigenvalue weighted by molar-refractivity contribution is 0.178. The Bertz CT molecular complexity index is 323. The number of likely N-dealkylation sites (N-methyl/N-ethyl adjacent to an activating group) is 1. The van der Waals surface area contributed by atoms with Crippen LogP contribution in [0, 0.1) is 0 Å². The van der Waals surface area contributed by atoms with Crippen LogP contribution < -0.4 is 5.32 Å². The van der Waals surface area contributed by atoms with Gasteiger partial charge < -0.3 is 10.4 Å². The summed E-state index contributed by atoms with van der Waals surface area (Å²) < 4.78 is 0. The van der Waals surface area contributed by atoms with E-state index in [9.17, 15) is 5.11 Å². The zero-order chi connectivity index (χ0) is 14.1. The molecule has 2 unspecified atom stereocenters. The van der Waals surface area contributed by atoms with Crippen molar-refractivity contribution in [3.8, 4) is 0 Å². The lowest BCUT2D eigenvalue weighted by Gasteiger charge is -2.30. The maximum atomic E-state index is 9.29. The molecule has 2 N–H and O–H groups in total. The Labute approximate surface area is 117 Å². The normalized spacial score (nSPS) is 14.6. The van der Waals surface area contributed by atoms with Crippen LogP contribution in [0.5, 0.6) is 0 Å². The molecule has 0 aliphatic carbocycles. The number of hydrogen-bond acceptors (Lipinski definition) is 3. The molecule has 0 fully saturated rings. The average molecular weight is 264 g/mol. The fourth-order valence-electron chi connectivity index (χ4n) is 2.35. The van der Waals surface area contributed by atoms with Crippen LogP contribution in [0.3, 0.4) is 0 Å². The fraction of sp³-hybridized carbons (Fsp3) is 0.625. The van der Waals surface area contributed by atoms with Gasteiger partial charge >= 0.3 is 0 Å². The van der Waals surface area contributed by atoms with E-state index >= 15 is 0 Å². The van der Waals surface area contributed by atoms with Gasteiger partial charge in [-0.1, -0.05) is 44.2 Å². The monoisotopic (exact) mass is 264 g/mol. The van der Waals surface area contributed by atoms with Crippen molar-refractivity contribution in [1.29, 1.82) is 0 Å². The molecule has 0 aromatic heterocycles. The van der Waals surface area contributed by atoms with Gasteiger partial charge in [-0.05, 0) is 38.5 Å². The van der Waals surface area contributed by atoms with Crippen LogP contribution in [0.4, 0.5) is 0 Å². The van der Waals surface area contributed by atoms with E-state index in [4.69, 9.17) is 0 Å². The molecule has 1 aromatic carbocycles. The first-order valence-corrected chi connectivity index (χ1v) is 7.36. The van der Waals surface area contributed by atoms with Gasteiger partial charge in [0.25, 0.3) is 0 Å². The van der Waals surface area contributed by atoms with Crippen LogP contribution >= 0.6 is 0 Å². The molecular weight excluding hydrogens is 236 g/mol. The van der Waals surface area contributed by atoms with Crippen molar-refractivity contribution in [2.75, 3.05) is 26.2 Å². The molecule has 0 bridgehead atoms. The molecule has 3 nitrogen and oxygen atoms in total. The van der Waals surface area contributed by atoms with E-state index in [0.29, 0.717) is 6.04 Å². The van der Waals surface area contributed by atoms with Crippen molar-refractivity contribution in [2.45, 2.75) is 39.3 Å². The van der Waals surface area contributed by atoms with Gasteiger partial charge in [0.2, 0.25) is 0 Å². The van der Waals surface area contributed by atoms with E-state index in [1.165, 1.54) is 5.56 Å². The maximum absolute atomic E-state index is 9.29. The van der Waals surface area contributed by atoms with Crippen LogP contribution in [0.25, 0.3) is 0 Å². The lowest BCUT2D eigenvalue weighted by Crippen LogP contribution is -2.36. The molecule has 0 saturated carbocycles. The summed E-state index contributed by atoms with van der Waals surface area (Å²) in [6.45, 7) is 10.1. The van der Waals surface area contributed by atoms with Crippen molar-refractivity contribution in [2.24, 2.45) is 0 Å². The van der Waals surface area contributed by atoms with E-state index in [0.717, 1.165) is 32.6 Å². The zero-order valence-corrected chi connectivity index (χ0v) is 12.5. The Balaban J connectivity index is 2.60. The van der Waals surface area contributed by atoms with Gasteiger partial charge in [-0.15, -0.1) is 0 Å². The molecule has 1 rings (SSSR count). The van der Waals surface area contributed by atoms with Gasteiger partial charge in [-0.25, -0.2) is 0 Å². The SMILES string of the molecule is CCN(CC)C(CNCCC(C)O)c1ccccc1. The molecule has 0 radical (unpaired) electrons. The molecule has 3 heteroatoms. The quantitative estimate of drug-likeness (QED) is 0.672. The molecule has 1 aromatic rings. The van der Waals surface area contributed by atoms with Gasteiger partial charge in [-0.2, -0.15) is 0 Å². The van der Waals surface area contributed by atoms with Gasteiger partial charge in [0.15, 0.2) is 0 Å². The summed E-state index contributed by atoms with van der Waals surface area (Å²) in [5.41, 5.74) is 1.36. The topological polar surface area (TPSA) is 35.5 Å². The van der Waals surface area contributed by atoms with Crippen molar-refractivity contribution in [1.82, 2.24) is 10.2 Å². The summed E-state index contributed by atoms with van der Waals surface area (Å²) >= 11 is 0. The molecule has 19 heavy (non-hydrogen) atoms. The smallest absolute Gasteiger partial charge is 0.0524 e. The Morgan fingerprint density at radius 3 is 2.32 bits per heavy atom. The number of rotatable bonds is 9. The first kappa shape index (κ1) is 16.2. The van der Waals surface area contributed by atoms with E-state index in [2.05, 4.69) is 54.4 Å². The standard InChI is InChI=1S/C16H28N2O/c1-4-18(5-2)16(13-17-12-11-14(3)19)15-9-7-6-8-10-15/h6-10,14,16-17,19H,4-5,11-13H2,1-3H3. The molecule has 0 spiro atoms. The first-order chi connectivity index (χ1) is 9.19. The van der Waals surface area contributed by atoms with Gasteiger partial charge in [0.1, 0.15) is 0 Å². The van der Waals surface area contributed by atoms with Gasteiger partial charge in [0, 0.05) is 12.6 Å². The number of aliphatic hydroxyl groups excluding tert-OH is 1. The Morgan fingerprint density at radius 1 is 1.16 bits per heavy atom. The minimum absolute atomic E-state index is 0.226. The summed E-state index contributed by atoms with van der Waals surface area (Å²) in [5.74, 6) is 0. The third kappa shape index (κ3) is 5.72. The van der Waals surface area contributed by atoms with Crippen LogP contribution in [0.15, 0.2) is 30.3 Å². The number of nitrogens with one attached hydrogen (secondary N) is 1. The average Bonchev–Trinajstić information content (AvgIpc) is 2.43. The van der Waals surface area contributed by atoms with Gasteiger partial charge in [0.05, 0.1) is 6.10 Å². The first-order valence-electron chi connectivity index (χ1n) is 7.36. The summed E-state index contributed by atoms with van der Waals surface area (Å²) in [5, 5.41) is 12.7. The lowest BCUT2D eigenvalue weighted by atomic mass is 10.1. The third-order valence-corrected chi connectivity index (χ3v) is 3.51. The maximum Gasteiger partial charge on any atom is 0.0524 e. The van der Waals surface area contributed by atoms with Crippen LogP contribution in [-0.2, 0) is 0 Å². The second kappa shape index (κ2) is 9.08. The largest absolute Gasteiger partial charge is 0.393 e. The minimum atomic E-state index is -0.226. The highest BCUT2D eigenvalue weighted by atomic mass is 16.3. The van der Waals surface area contributed by atoms with E-state index in [-0.39, 0.29) is 6.10 Å². The number of nitrogens with zero attached hydrogens (tertiary/aromatic N) is 1. The van der Waals surface area contributed by atoms with Gasteiger partial charge in [-0.3, -0.25) is 4.90 Å². The third-order valence-electron chi connectivity index (χ3n) is 3.51. The molecule has 2 atom stereocenters. The number of benzene rings is 1. The second-order valence-electron chi connectivity index (χ2n) is 4.99. The van der Waals surface area contributed by atoms with Crippen LogP contribution in [0.2, 0.25) is 0 Å².